The number of carbonyl (C=O) groups excluding carboxylic acids is 2. The van der Waals surface area contributed by atoms with Gasteiger partial charge in [0, 0.05) is 29.9 Å². The number of amides is 1. The molecule has 0 saturated heterocycles. The molecule has 0 bridgehead atoms. The van der Waals surface area contributed by atoms with Crippen molar-refractivity contribution in [1.29, 1.82) is 0 Å². The van der Waals surface area contributed by atoms with Crippen LogP contribution in [0.4, 0.5) is 0 Å². The molecule has 0 atom stereocenters. The van der Waals surface area contributed by atoms with Crippen LogP contribution in [0.25, 0.3) is 5.69 Å². The van der Waals surface area contributed by atoms with Gasteiger partial charge in [0.2, 0.25) is 5.91 Å². The highest BCUT2D eigenvalue weighted by Gasteiger charge is 2.18. The maximum atomic E-state index is 12.5. The first kappa shape index (κ1) is 23.3. The van der Waals surface area contributed by atoms with Gasteiger partial charge in [-0.25, -0.2) is 0 Å². The van der Waals surface area contributed by atoms with Gasteiger partial charge in [-0.2, -0.15) is 0 Å². The summed E-state index contributed by atoms with van der Waals surface area (Å²) in [4.78, 5) is 24.3. The molecule has 0 aliphatic rings. The van der Waals surface area contributed by atoms with Gasteiger partial charge < -0.3 is 5.32 Å². The lowest BCUT2D eigenvalue weighted by atomic mass is 10.2. The summed E-state index contributed by atoms with van der Waals surface area (Å²) in [5, 5.41) is 12.9. The zero-order valence-electron chi connectivity index (χ0n) is 15.8. The highest BCUT2D eigenvalue weighted by Crippen LogP contribution is 2.29. The van der Waals surface area contributed by atoms with Crippen LogP contribution >= 0.6 is 62.2 Å². The smallest absolute Gasteiger partial charge is 0.216 e. The Morgan fingerprint density at radius 2 is 1.93 bits per heavy atom. The predicted molar refractivity (Wildman–Crippen MR) is 125 cm³/mol. The molecule has 0 aliphatic carbocycles. The molecule has 2 aromatic heterocycles. The standard InChI is InChI=1S/C19H17BrCl2N4O2S2/c1-11(27)23-6-2-3-18-24-25-19(26(18)14-8-12(21)7-13(22)9-14)29-10-15(28)16-4-5-17(20)30-16/h4-5,7-9H,2-3,6,10H2,1H3,(H,23,27). The Kier molecular flexibility index (Phi) is 8.35. The molecule has 11 heteroatoms. The molecule has 0 spiro atoms. The van der Waals surface area contributed by atoms with Crippen molar-refractivity contribution in [2.24, 2.45) is 0 Å². The summed E-state index contributed by atoms with van der Waals surface area (Å²) >= 11 is 18.5. The average molecular weight is 548 g/mol. The summed E-state index contributed by atoms with van der Waals surface area (Å²) in [6.07, 6.45) is 1.28. The molecule has 0 radical (unpaired) electrons. The zero-order valence-corrected chi connectivity index (χ0v) is 20.6. The topological polar surface area (TPSA) is 76.9 Å². The first-order chi connectivity index (χ1) is 14.3. The molecule has 2 heterocycles. The third-order valence-corrected chi connectivity index (χ3v) is 6.97. The van der Waals surface area contributed by atoms with Gasteiger partial charge in [-0.15, -0.1) is 21.5 Å². The van der Waals surface area contributed by atoms with E-state index in [0.29, 0.717) is 45.3 Å². The van der Waals surface area contributed by atoms with Gasteiger partial charge in [0.25, 0.3) is 0 Å². The minimum absolute atomic E-state index is 0.0154. The number of aryl methyl sites for hydroxylation is 1. The van der Waals surface area contributed by atoms with E-state index in [1.54, 1.807) is 24.3 Å². The largest absolute Gasteiger partial charge is 0.356 e. The number of thiophene rings is 1. The van der Waals surface area contributed by atoms with Gasteiger partial charge in [-0.05, 0) is 52.7 Å². The Balaban J connectivity index is 1.82. The Morgan fingerprint density at radius 3 is 2.57 bits per heavy atom. The predicted octanol–water partition coefficient (Wildman–Crippen LogP) is 5.44. The molecule has 3 aromatic rings. The molecule has 0 unspecified atom stereocenters. The van der Waals surface area contributed by atoms with E-state index in [1.807, 2.05) is 10.6 Å². The fourth-order valence-corrected chi connectivity index (χ4v) is 5.44. The normalized spacial score (nSPS) is 10.9. The van der Waals surface area contributed by atoms with Crippen LogP contribution in [0.1, 0.15) is 28.8 Å². The van der Waals surface area contributed by atoms with E-state index in [-0.39, 0.29) is 17.4 Å². The summed E-state index contributed by atoms with van der Waals surface area (Å²) in [6, 6.07) is 8.85. The summed E-state index contributed by atoms with van der Waals surface area (Å²) in [5.41, 5.74) is 0.723. The fourth-order valence-electron chi connectivity index (χ4n) is 2.66. The second kappa shape index (κ2) is 10.8. The number of ketones is 1. The number of hydrogen-bond acceptors (Lipinski definition) is 6. The Labute approximate surface area is 200 Å². The van der Waals surface area contributed by atoms with E-state index >= 15 is 0 Å². The molecule has 30 heavy (non-hydrogen) atoms. The number of carbonyl (C=O) groups is 2. The number of nitrogens with zero attached hydrogens (tertiary/aromatic N) is 3. The first-order valence-electron chi connectivity index (χ1n) is 8.90. The second-order valence-corrected chi connectivity index (χ2v) is 10.5. The molecular weight excluding hydrogens is 531 g/mol. The first-order valence-corrected chi connectivity index (χ1v) is 12.2. The number of benzene rings is 1. The van der Waals surface area contributed by atoms with Crippen molar-refractivity contribution < 1.29 is 9.59 Å². The lowest BCUT2D eigenvalue weighted by Gasteiger charge is -2.11. The number of thioether (sulfide) groups is 1. The number of Topliss-reactive ketones (excluding diaryl/α,β-unsaturated/α-hetero) is 1. The van der Waals surface area contributed by atoms with Crippen molar-refractivity contribution in [3.8, 4) is 5.69 Å². The quantitative estimate of drug-likeness (QED) is 0.219. The lowest BCUT2D eigenvalue weighted by molar-refractivity contribution is -0.118. The molecule has 158 valence electrons. The van der Waals surface area contributed by atoms with Gasteiger partial charge in [0.05, 0.1) is 20.1 Å². The summed E-state index contributed by atoms with van der Waals surface area (Å²) in [7, 11) is 0. The van der Waals surface area contributed by atoms with Crippen LogP contribution < -0.4 is 5.32 Å². The Bertz CT molecular complexity index is 1050. The highest BCUT2D eigenvalue weighted by molar-refractivity contribution is 9.11. The van der Waals surface area contributed by atoms with E-state index in [4.69, 9.17) is 23.2 Å². The minimum Gasteiger partial charge on any atom is -0.356 e. The van der Waals surface area contributed by atoms with E-state index in [1.165, 1.54) is 30.0 Å². The number of aromatic nitrogens is 3. The van der Waals surface area contributed by atoms with Crippen LogP contribution in [0.15, 0.2) is 39.3 Å². The van der Waals surface area contributed by atoms with Crippen LogP contribution in [0, 0.1) is 0 Å². The maximum Gasteiger partial charge on any atom is 0.216 e. The maximum absolute atomic E-state index is 12.5. The summed E-state index contributed by atoms with van der Waals surface area (Å²) in [5.74, 6) is 0.868. The lowest BCUT2D eigenvalue weighted by Crippen LogP contribution is -2.21. The number of hydrogen-bond donors (Lipinski definition) is 1. The molecule has 1 aromatic carbocycles. The number of nitrogens with one attached hydrogen (secondary N) is 1. The van der Waals surface area contributed by atoms with Crippen LogP contribution in [0.2, 0.25) is 10.0 Å². The Hall–Kier alpha value is -1.39. The van der Waals surface area contributed by atoms with Crippen LogP contribution in [-0.2, 0) is 11.2 Å². The molecule has 1 amide bonds. The zero-order chi connectivity index (χ0) is 21.7. The van der Waals surface area contributed by atoms with Gasteiger partial charge in [0.15, 0.2) is 10.9 Å². The molecule has 3 rings (SSSR count). The van der Waals surface area contributed by atoms with Gasteiger partial charge in [-0.3, -0.25) is 14.2 Å². The van der Waals surface area contributed by atoms with Crippen molar-refractivity contribution >= 4 is 73.9 Å². The second-order valence-electron chi connectivity index (χ2n) is 6.26. The van der Waals surface area contributed by atoms with Gasteiger partial charge in [-0.1, -0.05) is 35.0 Å². The number of halogens is 3. The molecule has 1 N–H and O–H groups in total. The number of rotatable bonds is 9. The van der Waals surface area contributed by atoms with Crippen molar-refractivity contribution in [2.75, 3.05) is 12.3 Å². The monoisotopic (exact) mass is 546 g/mol. The van der Waals surface area contributed by atoms with Crippen molar-refractivity contribution in [3.05, 3.63) is 54.9 Å². The molecule has 6 nitrogen and oxygen atoms in total. The van der Waals surface area contributed by atoms with Gasteiger partial charge in [0.1, 0.15) is 5.82 Å². The minimum atomic E-state index is -0.0759. The molecule has 0 saturated carbocycles. The average Bonchev–Trinajstić information content (AvgIpc) is 3.28. The molecular formula is C19H17BrCl2N4O2S2. The third kappa shape index (κ3) is 6.31. The van der Waals surface area contributed by atoms with Crippen molar-refractivity contribution in [2.45, 2.75) is 24.9 Å². The Morgan fingerprint density at radius 1 is 1.20 bits per heavy atom. The summed E-state index contributed by atoms with van der Waals surface area (Å²) < 4.78 is 2.77. The molecule has 0 fully saturated rings. The van der Waals surface area contributed by atoms with E-state index in [9.17, 15) is 9.59 Å². The van der Waals surface area contributed by atoms with Crippen molar-refractivity contribution in [3.63, 3.8) is 0 Å². The SMILES string of the molecule is CC(=O)NCCCc1nnc(SCC(=O)c2ccc(Br)s2)n1-c1cc(Cl)cc(Cl)c1. The summed E-state index contributed by atoms with van der Waals surface area (Å²) in [6.45, 7) is 2.01. The van der Waals surface area contributed by atoms with E-state index in [0.717, 1.165) is 9.47 Å². The van der Waals surface area contributed by atoms with Crippen LogP contribution in [0.5, 0.6) is 0 Å². The third-order valence-electron chi connectivity index (χ3n) is 3.94. The van der Waals surface area contributed by atoms with Crippen LogP contribution in [-0.4, -0.2) is 38.8 Å². The van der Waals surface area contributed by atoms with Crippen molar-refractivity contribution in [1.82, 2.24) is 20.1 Å². The highest BCUT2D eigenvalue weighted by atomic mass is 79.9. The van der Waals surface area contributed by atoms with E-state index in [2.05, 4.69) is 31.4 Å². The fraction of sp³-hybridized carbons (Fsp3) is 0.263. The van der Waals surface area contributed by atoms with Gasteiger partial charge >= 0.3 is 0 Å². The molecule has 0 aliphatic heterocycles. The van der Waals surface area contributed by atoms with Crippen LogP contribution in [0.3, 0.4) is 0 Å². The van der Waals surface area contributed by atoms with E-state index < -0.39 is 0 Å².